The first-order valence-corrected chi connectivity index (χ1v) is 18.6. The fourth-order valence-electron chi connectivity index (χ4n) is 9.61. The van der Waals surface area contributed by atoms with E-state index < -0.39 is 0 Å². The molecule has 6 aromatic rings. The van der Waals surface area contributed by atoms with E-state index in [2.05, 4.69) is 36.4 Å². The molecule has 6 nitrogen and oxygen atoms in total. The molecule has 3 heterocycles. The van der Waals surface area contributed by atoms with Crippen molar-refractivity contribution in [1.29, 1.82) is 0 Å². The molecule has 9 aliphatic rings. The van der Waals surface area contributed by atoms with Crippen LogP contribution in [0.5, 0.6) is 69.0 Å². The molecule has 254 valence electrons. The monoisotopic (exact) mass is 682 g/mol. The Morgan fingerprint density at radius 3 is 0.635 bits per heavy atom. The highest BCUT2D eigenvalue weighted by Crippen LogP contribution is 2.63. The molecule has 0 aromatic heterocycles. The summed E-state index contributed by atoms with van der Waals surface area (Å²) in [5, 5.41) is 0. The van der Waals surface area contributed by atoms with Crippen LogP contribution < -0.4 is 28.4 Å². The average Bonchev–Trinajstić information content (AvgIpc) is 3.20. The molecule has 0 atom stereocenters. The smallest absolute Gasteiger partial charge is 0.170 e. The lowest BCUT2D eigenvalue weighted by Gasteiger charge is -2.43. The molecule has 0 spiro atoms. The summed E-state index contributed by atoms with van der Waals surface area (Å²) in [6, 6.07) is 36.1. The minimum absolute atomic E-state index is 0.0942. The van der Waals surface area contributed by atoms with Crippen molar-refractivity contribution in [3.05, 3.63) is 143 Å². The predicted octanol–water partition coefficient (Wildman–Crippen LogP) is 13.0. The van der Waals surface area contributed by atoms with Crippen LogP contribution in [0.1, 0.15) is 83.7 Å². The SMILES string of the molecule is C1CC2CCC1CC2.c1ccc2c(c1)Oc1cc3c(cc1O2)C1c2cc4c(cc2C3c2cc3c(cc21)Oc1ccccc1O3)Oc1ccccc1O4. The minimum atomic E-state index is -0.0942. The maximum Gasteiger partial charge on any atom is 0.170 e. The zero-order valence-electron chi connectivity index (χ0n) is 28.4. The van der Waals surface area contributed by atoms with Gasteiger partial charge in [0.2, 0.25) is 0 Å². The molecular weight excluding hydrogens is 649 g/mol. The number of hydrogen-bond donors (Lipinski definition) is 0. The Balaban J connectivity index is 0.000000337. The van der Waals surface area contributed by atoms with Crippen molar-refractivity contribution in [3.63, 3.8) is 0 Å². The van der Waals surface area contributed by atoms with Crippen molar-refractivity contribution in [1.82, 2.24) is 0 Å². The van der Waals surface area contributed by atoms with E-state index in [1.807, 2.05) is 72.8 Å². The predicted molar refractivity (Wildman–Crippen MR) is 196 cm³/mol. The van der Waals surface area contributed by atoms with Gasteiger partial charge in [-0.2, -0.15) is 0 Å². The summed E-state index contributed by atoms with van der Waals surface area (Å²) in [7, 11) is 0. The van der Waals surface area contributed by atoms with Gasteiger partial charge in [-0.1, -0.05) is 74.9 Å². The van der Waals surface area contributed by atoms with E-state index in [0.29, 0.717) is 69.0 Å². The zero-order valence-corrected chi connectivity index (χ0v) is 28.4. The van der Waals surface area contributed by atoms with E-state index in [1.54, 1.807) is 38.5 Å². The maximum absolute atomic E-state index is 6.37. The van der Waals surface area contributed by atoms with Crippen LogP contribution in [0.15, 0.2) is 109 Å². The lowest BCUT2D eigenvalue weighted by Crippen LogP contribution is -2.28. The minimum Gasteiger partial charge on any atom is -0.450 e. The summed E-state index contributed by atoms with van der Waals surface area (Å²) in [5.74, 6) is 10.6. The lowest BCUT2D eigenvalue weighted by molar-refractivity contribution is 0.176. The van der Waals surface area contributed by atoms with Crippen LogP contribution in [-0.4, -0.2) is 0 Å². The number of para-hydroxylation sites is 6. The number of ether oxygens (including phenoxy) is 6. The van der Waals surface area contributed by atoms with Gasteiger partial charge in [0.25, 0.3) is 0 Å². The van der Waals surface area contributed by atoms with Crippen molar-refractivity contribution in [3.8, 4) is 69.0 Å². The molecule has 3 saturated carbocycles. The van der Waals surface area contributed by atoms with Crippen molar-refractivity contribution in [2.24, 2.45) is 11.8 Å². The van der Waals surface area contributed by atoms with Gasteiger partial charge < -0.3 is 28.4 Å². The molecule has 3 aliphatic heterocycles. The Morgan fingerprint density at radius 2 is 0.462 bits per heavy atom. The van der Waals surface area contributed by atoms with Gasteiger partial charge in [0.1, 0.15) is 0 Å². The molecule has 6 aromatic carbocycles. The Labute approximate surface area is 301 Å². The molecule has 6 heteroatoms. The second-order valence-corrected chi connectivity index (χ2v) is 15.1. The zero-order chi connectivity index (χ0) is 33.9. The summed E-state index contributed by atoms with van der Waals surface area (Å²) >= 11 is 0. The van der Waals surface area contributed by atoms with Crippen molar-refractivity contribution >= 4 is 0 Å². The molecule has 4 bridgehead atoms. The molecule has 6 aliphatic carbocycles. The van der Waals surface area contributed by atoms with E-state index in [-0.39, 0.29) is 11.8 Å². The standard InChI is InChI=1S/C38H20O6.C8H14/c1-2-8-26-25(7-1)39-31-13-19-20(14-32(31)40-26)38-23-17-35-33(41-27-9-3-5-11-29(27)43-35)15-21(23)37(19)22-16-34-36(18-24(22)38)44-30-12-6-4-10-28(30)42-34;1-2-8-5-3-7(1)4-6-8/h1-18,37-38H;7-8H,1-6H2. The van der Waals surface area contributed by atoms with Crippen molar-refractivity contribution in [2.45, 2.75) is 50.4 Å². The highest BCUT2D eigenvalue weighted by molar-refractivity contribution is 5.75. The van der Waals surface area contributed by atoms with Crippen LogP contribution in [0.2, 0.25) is 0 Å². The van der Waals surface area contributed by atoms with Gasteiger partial charge in [0.05, 0.1) is 0 Å². The fraction of sp³-hybridized carbons (Fsp3) is 0.217. The summed E-state index contributed by atoms with van der Waals surface area (Å²) in [6.07, 6.45) is 9.36. The van der Waals surface area contributed by atoms with Crippen LogP contribution in [0.4, 0.5) is 0 Å². The quantitative estimate of drug-likeness (QED) is 0.159. The molecule has 0 N–H and O–H groups in total. The molecule has 0 saturated heterocycles. The van der Waals surface area contributed by atoms with Gasteiger partial charge in [-0.05, 0) is 118 Å². The Bertz CT molecular complexity index is 2040. The first-order chi connectivity index (χ1) is 25.7. The van der Waals surface area contributed by atoms with Gasteiger partial charge in [-0.15, -0.1) is 0 Å². The highest BCUT2D eigenvalue weighted by atomic mass is 16.6. The normalized spacial score (nSPS) is 21.9. The van der Waals surface area contributed by atoms with Crippen molar-refractivity contribution < 1.29 is 28.4 Å². The molecule has 0 radical (unpaired) electrons. The second kappa shape index (κ2) is 10.8. The molecule has 15 rings (SSSR count). The second-order valence-electron chi connectivity index (χ2n) is 15.1. The first kappa shape index (κ1) is 28.8. The van der Waals surface area contributed by atoms with E-state index in [4.69, 9.17) is 28.4 Å². The molecular formula is C46H34O6. The van der Waals surface area contributed by atoms with Gasteiger partial charge in [0, 0.05) is 11.8 Å². The first-order valence-electron chi connectivity index (χ1n) is 18.6. The Kier molecular flexibility index (Phi) is 5.98. The number of rotatable bonds is 0. The van der Waals surface area contributed by atoms with Crippen LogP contribution in [0.3, 0.4) is 0 Å². The third-order valence-electron chi connectivity index (χ3n) is 12.1. The molecule has 0 unspecified atom stereocenters. The van der Waals surface area contributed by atoms with E-state index in [1.165, 1.54) is 33.4 Å². The van der Waals surface area contributed by atoms with E-state index in [9.17, 15) is 0 Å². The summed E-state index contributed by atoms with van der Waals surface area (Å²) in [4.78, 5) is 0. The fourth-order valence-corrected chi connectivity index (χ4v) is 9.61. The Morgan fingerprint density at radius 1 is 0.269 bits per heavy atom. The summed E-state index contributed by atoms with van der Waals surface area (Å²) in [5.41, 5.74) is 7.03. The third kappa shape index (κ3) is 4.30. The lowest BCUT2D eigenvalue weighted by atomic mass is 9.61. The topological polar surface area (TPSA) is 55.4 Å². The molecule has 52 heavy (non-hydrogen) atoms. The van der Waals surface area contributed by atoms with Gasteiger partial charge in [-0.3, -0.25) is 0 Å². The average molecular weight is 683 g/mol. The van der Waals surface area contributed by atoms with Gasteiger partial charge in [-0.25, -0.2) is 0 Å². The van der Waals surface area contributed by atoms with Crippen LogP contribution >= 0.6 is 0 Å². The largest absolute Gasteiger partial charge is 0.450 e. The Hall–Kier alpha value is -5.88. The summed E-state index contributed by atoms with van der Waals surface area (Å²) < 4.78 is 38.2. The van der Waals surface area contributed by atoms with Gasteiger partial charge >= 0.3 is 0 Å². The molecule has 3 fully saturated rings. The number of benzene rings is 6. The van der Waals surface area contributed by atoms with Crippen LogP contribution in [0.25, 0.3) is 0 Å². The third-order valence-corrected chi connectivity index (χ3v) is 12.1. The number of fused-ring (bicyclic) bond motifs is 9. The van der Waals surface area contributed by atoms with Crippen LogP contribution in [-0.2, 0) is 0 Å². The number of hydrogen-bond acceptors (Lipinski definition) is 6. The van der Waals surface area contributed by atoms with E-state index >= 15 is 0 Å². The van der Waals surface area contributed by atoms with Gasteiger partial charge in [0.15, 0.2) is 69.0 Å². The van der Waals surface area contributed by atoms with E-state index in [0.717, 1.165) is 11.8 Å². The van der Waals surface area contributed by atoms with Crippen molar-refractivity contribution in [2.75, 3.05) is 0 Å². The maximum atomic E-state index is 6.37. The van der Waals surface area contributed by atoms with Crippen LogP contribution in [0, 0.1) is 11.8 Å². The highest BCUT2D eigenvalue weighted by Gasteiger charge is 2.45. The summed E-state index contributed by atoms with van der Waals surface area (Å²) in [6.45, 7) is 0. The molecule has 0 amide bonds.